The fourth-order valence-electron chi connectivity index (χ4n) is 3.57. The van der Waals surface area contributed by atoms with E-state index in [0.717, 1.165) is 22.5 Å². The number of aliphatic carboxylic acids is 1. The molecular weight excluding hydrogens is 396 g/mol. The second-order valence-corrected chi connectivity index (χ2v) is 7.20. The van der Waals surface area contributed by atoms with E-state index in [1.807, 2.05) is 49.4 Å². The van der Waals surface area contributed by atoms with Crippen LogP contribution in [0.1, 0.15) is 27.7 Å². The molecule has 0 fully saturated rings. The van der Waals surface area contributed by atoms with Gasteiger partial charge >= 0.3 is 5.97 Å². The number of aryl methyl sites for hydroxylation is 1. The van der Waals surface area contributed by atoms with Crippen LogP contribution >= 0.6 is 0 Å². The van der Waals surface area contributed by atoms with Gasteiger partial charge in [-0.25, -0.2) is 4.79 Å². The number of carboxylic acid groups (broad SMARTS) is 1. The van der Waals surface area contributed by atoms with Crippen molar-refractivity contribution in [1.82, 2.24) is 0 Å². The van der Waals surface area contributed by atoms with Gasteiger partial charge in [0.25, 0.3) is 5.91 Å². The van der Waals surface area contributed by atoms with E-state index in [0.29, 0.717) is 17.1 Å². The molecule has 7 nitrogen and oxygen atoms in total. The Morgan fingerprint density at radius 3 is 2.52 bits per heavy atom. The van der Waals surface area contributed by atoms with Crippen LogP contribution in [0.25, 0.3) is 0 Å². The molecule has 1 atom stereocenters. The Morgan fingerprint density at radius 1 is 1.06 bits per heavy atom. The molecule has 3 aromatic carbocycles. The molecule has 2 N–H and O–H groups in total. The zero-order chi connectivity index (χ0) is 22.0. The van der Waals surface area contributed by atoms with Crippen LogP contribution in [0.5, 0.6) is 11.5 Å². The molecule has 0 spiro atoms. The van der Waals surface area contributed by atoms with Gasteiger partial charge in [0.15, 0.2) is 18.1 Å². The van der Waals surface area contributed by atoms with E-state index >= 15 is 0 Å². The first kappa shape index (κ1) is 20.3. The molecule has 158 valence electrons. The fraction of sp³-hybridized carbons (Fsp3) is 0.167. The van der Waals surface area contributed by atoms with Gasteiger partial charge in [-0.2, -0.15) is 0 Å². The molecule has 0 unspecified atom stereocenters. The number of hydrogen-bond acceptors (Lipinski definition) is 5. The SMILES string of the molecule is COc1cc([C@H]2Nc3ccccc3C(=O)N2c2ccc(C)cc2)ccc1OCC(=O)O. The highest BCUT2D eigenvalue weighted by Gasteiger charge is 2.34. The number of hydrogen-bond donors (Lipinski definition) is 2. The van der Waals surface area contributed by atoms with E-state index in [1.165, 1.54) is 7.11 Å². The summed E-state index contributed by atoms with van der Waals surface area (Å²) in [4.78, 5) is 26.0. The maximum Gasteiger partial charge on any atom is 0.341 e. The Morgan fingerprint density at radius 2 is 1.81 bits per heavy atom. The number of amides is 1. The van der Waals surface area contributed by atoms with Crippen molar-refractivity contribution in [3.8, 4) is 11.5 Å². The van der Waals surface area contributed by atoms with E-state index in [-0.39, 0.29) is 5.91 Å². The van der Waals surface area contributed by atoms with Crippen LogP contribution in [0.3, 0.4) is 0 Å². The molecule has 0 bridgehead atoms. The molecular formula is C24H22N2O5. The van der Waals surface area contributed by atoms with Crippen molar-refractivity contribution >= 4 is 23.3 Å². The summed E-state index contributed by atoms with van der Waals surface area (Å²) in [6, 6.07) is 20.3. The van der Waals surface area contributed by atoms with Gasteiger partial charge in [0.1, 0.15) is 6.17 Å². The van der Waals surface area contributed by atoms with Crippen molar-refractivity contribution in [3.63, 3.8) is 0 Å². The van der Waals surface area contributed by atoms with Crippen LogP contribution in [0.4, 0.5) is 11.4 Å². The summed E-state index contributed by atoms with van der Waals surface area (Å²) in [5.41, 5.74) is 3.95. The van der Waals surface area contributed by atoms with Crippen molar-refractivity contribution in [2.75, 3.05) is 23.9 Å². The summed E-state index contributed by atoms with van der Waals surface area (Å²) in [5.74, 6) is -0.491. The number of rotatable bonds is 6. The van der Waals surface area contributed by atoms with Crippen molar-refractivity contribution in [2.45, 2.75) is 13.1 Å². The number of carbonyl (C=O) groups excluding carboxylic acids is 1. The van der Waals surface area contributed by atoms with Crippen LogP contribution in [0.2, 0.25) is 0 Å². The number of ether oxygens (including phenoxy) is 2. The number of carbonyl (C=O) groups is 2. The molecule has 1 heterocycles. The van der Waals surface area contributed by atoms with Gasteiger partial charge in [0, 0.05) is 11.4 Å². The summed E-state index contributed by atoms with van der Waals surface area (Å²) in [7, 11) is 1.49. The minimum absolute atomic E-state index is 0.117. The minimum Gasteiger partial charge on any atom is -0.493 e. The lowest BCUT2D eigenvalue weighted by molar-refractivity contribution is -0.139. The largest absolute Gasteiger partial charge is 0.493 e. The summed E-state index contributed by atoms with van der Waals surface area (Å²) >= 11 is 0. The molecule has 1 amide bonds. The number of carboxylic acids is 1. The summed E-state index contributed by atoms with van der Waals surface area (Å²) in [5, 5.41) is 12.3. The number of nitrogens with zero attached hydrogens (tertiary/aromatic N) is 1. The molecule has 7 heteroatoms. The average molecular weight is 418 g/mol. The van der Waals surface area contributed by atoms with Crippen molar-refractivity contribution in [1.29, 1.82) is 0 Å². The van der Waals surface area contributed by atoms with Gasteiger partial charge in [-0.05, 0) is 48.9 Å². The van der Waals surface area contributed by atoms with Crippen LogP contribution in [0.15, 0.2) is 66.7 Å². The summed E-state index contributed by atoms with van der Waals surface area (Å²) in [6.07, 6.45) is -0.493. The van der Waals surface area contributed by atoms with Gasteiger partial charge in [-0.15, -0.1) is 0 Å². The van der Waals surface area contributed by atoms with Crippen molar-refractivity contribution < 1.29 is 24.2 Å². The lowest BCUT2D eigenvalue weighted by atomic mass is 10.0. The third-order valence-electron chi connectivity index (χ3n) is 5.09. The second kappa shape index (κ2) is 8.39. The first-order chi connectivity index (χ1) is 15.0. The number of fused-ring (bicyclic) bond motifs is 1. The van der Waals surface area contributed by atoms with E-state index in [9.17, 15) is 9.59 Å². The zero-order valence-corrected chi connectivity index (χ0v) is 17.2. The topological polar surface area (TPSA) is 88.1 Å². The monoisotopic (exact) mass is 418 g/mol. The Labute approximate surface area is 179 Å². The van der Waals surface area contributed by atoms with E-state index in [2.05, 4.69) is 5.32 Å². The average Bonchev–Trinajstić information content (AvgIpc) is 2.78. The summed E-state index contributed by atoms with van der Waals surface area (Å²) in [6.45, 7) is 1.52. The third-order valence-corrected chi connectivity index (χ3v) is 5.09. The standard InChI is InChI=1S/C24H22N2O5/c1-15-7-10-17(11-8-15)26-23(25-19-6-4-3-5-18(19)24(26)29)16-9-12-20(21(13-16)30-2)31-14-22(27)28/h3-13,23,25H,14H2,1-2H3,(H,27,28)/t23-/m0/s1. The third kappa shape index (κ3) is 4.02. The molecule has 31 heavy (non-hydrogen) atoms. The smallest absolute Gasteiger partial charge is 0.341 e. The lowest BCUT2D eigenvalue weighted by Crippen LogP contribution is -2.43. The number of benzene rings is 3. The molecule has 1 aliphatic heterocycles. The van der Waals surface area contributed by atoms with Crippen LogP contribution in [-0.4, -0.2) is 30.7 Å². The quantitative estimate of drug-likeness (QED) is 0.623. The van der Waals surface area contributed by atoms with Crippen molar-refractivity contribution in [3.05, 3.63) is 83.4 Å². The van der Waals surface area contributed by atoms with Crippen LogP contribution in [-0.2, 0) is 4.79 Å². The highest BCUT2D eigenvalue weighted by Crippen LogP contribution is 2.39. The Bertz CT molecular complexity index is 1130. The number of para-hydroxylation sites is 1. The second-order valence-electron chi connectivity index (χ2n) is 7.20. The fourth-order valence-corrected chi connectivity index (χ4v) is 3.57. The van der Waals surface area contributed by atoms with Crippen molar-refractivity contribution in [2.24, 2.45) is 0 Å². The molecule has 4 rings (SSSR count). The molecule has 0 saturated carbocycles. The van der Waals surface area contributed by atoms with Crippen LogP contribution in [0, 0.1) is 6.92 Å². The van der Waals surface area contributed by atoms with Gasteiger partial charge in [-0.3, -0.25) is 9.69 Å². The Hall–Kier alpha value is -4.00. The lowest BCUT2D eigenvalue weighted by Gasteiger charge is -2.38. The number of nitrogens with one attached hydrogen (secondary N) is 1. The molecule has 0 saturated heterocycles. The normalized spacial score (nSPS) is 15.1. The predicted molar refractivity (Wildman–Crippen MR) is 117 cm³/mol. The summed E-state index contributed by atoms with van der Waals surface area (Å²) < 4.78 is 10.7. The van der Waals surface area contributed by atoms with Gasteiger partial charge in [0.2, 0.25) is 0 Å². The Balaban J connectivity index is 1.77. The van der Waals surface area contributed by atoms with E-state index in [4.69, 9.17) is 14.6 Å². The molecule has 1 aliphatic rings. The van der Waals surface area contributed by atoms with E-state index < -0.39 is 18.7 Å². The molecule has 0 aromatic heterocycles. The Kier molecular flexibility index (Phi) is 5.49. The minimum atomic E-state index is -1.08. The first-order valence-electron chi connectivity index (χ1n) is 9.76. The maximum absolute atomic E-state index is 13.4. The molecule has 3 aromatic rings. The molecule has 0 radical (unpaired) electrons. The van der Waals surface area contributed by atoms with Gasteiger partial charge in [0.05, 0.1) is 12.7 Å². The number of anilines is 2. The zero-order valence-electron chi connectivity index (χ0n) is 17.2. The maximum atomic E-state index is 13.4. The predicted octanol–water partition coefficient (Wildman–Crippen LogP) is 4.24. The highest BCUT2D eigenvalue weighted by atomic mass is 16.5. The van der Waals surface area contributed by atoms with Gasteiger partial charge in [-0.1, -0.05) is 35.9 Å². The molecule has 0 aliphatic carbocycles. The first-order valence-corrected chi connectivity index (χ1v) is 9.76. The van der Waals surface area contributed by atoms with Crippen LogP contribution < -0.4 is 19.7 Å². The van der Waals surface area contributed by atoms with Gasteiger partial charge < -0.3 is 19.9 Å². The van der Waals surface area contributed by atoms with E-state index in [1.54, 1.807) is 29.2 Å². The number of methoxy groups -OCH3 is 1. The highest BCUT2D eigenvalue weighted by molar-refractivity contribution is 6.12.